The second-order valence-electron chi connectivity index (χ2n) is 4.69. The normalized spacial score (nSPS) is 31.2. The van der Waals surface area contributed by atoms with E-state index in [0.717, 1.165) is 0 Å². The highest BCUT2D eigenvalue weighted by Gasteiger charge is 2.51. The average molecular weight is 169 g/mol. The fourth-order valence-corrected chi connectivity index (χ4v) is 14.7. The molecule has 0 aromatic carbocycles. The molecule has 3 rings (SSSR count). The lowest BCUT2D eigenvalue weighted by molar-refractivity contribution is 0.674. The molecule has 0 spiro atoms. The first-order valence-corrected chi connectivity index (χ1v) is 9.93. The van der Waals surface area contributed by atoms with Crippen LogP contribution in [0, 0.1) is 0 Å². The average Bonchev–Trinajstić information content (AvgIpc) is 1.87. The minimum absolute atomic E-state index is 0.234. The summed E-state index contributed by atoms with van der Waals surface area (Å²) >= 11 is 0. The van der Waals surface area contributed by atoms with Crippen LogP contribution in [0.4, 0.5) is 0 Å². The summed E-state index contributed by atoms with van der Waals surface area (Å²) in [5, 5.41) is 0. The molecule has 0 nitrogen and oxygen atoms in total. The van der Waals surface area contributed by atoms with Crippen molar-refractivity contribution in [3.05, 3.63) is 0 Å². The summed E-state index contributed by atoms with van der Waals surface area (Å²) in [5.41, 5.74) is 2.98. The molecule has 0 aliphatic carbocycles. The molecule has 0 saturated carbocycles. The van der Waals surface area contributed by atoms with Gasteiger partial charge >= 0.3 is 8.80 Å². The molecule has 0 atom stereocenters. The second-order valence-corrected chi connectivity index (χ2v) is 13.4. The number of hydrogen-bond donors (Lipinski definition) is 0. The number of fused-ring (bicyclic) bond motifs is 3. The van der Waals surface area contributed by atoms with Crippen LogP contribution in [0.2, 0.25) is 36.4 Å². The van der Waals surface area contributed by atoms with E-state index >= 15 is 0 Å². The van der Waals surface area contributed by atoms with Gasteiger partial charge in [-0.1, -0.05) is 13.1 Å². The van der Waals surface area contributed by atoms with Gasteiger partial charge in [-0.05, 0) is 18.4 Å². The Hall–Kier alpha value is 0.434. The zero-order chi connectivity index (χ0) is 7.19. The van der Waals surface area contributed by atoms with E-state index in [9.17, 15) is 0 Å². The van der Waals surface area contributed by atoms with Crippen molar-refractivity contribution < 1.29 is 0 Å². The van der Waals surface area contributed by atoms with Crippen molar-refractivity contribution in [2.75, 3.05) is 0 Å². The smallest absolute Gasteiger partial charge is 0.0668 e. The lowest BCUT2D eigenvalue weighted by Gasteiger charge is -2.38. The molecule has 0 unspecified atom stereocenters. The minimum atomic E-state index is -0.625. The lowest BCUT2D eigenvalue weighted by Crippen LogP contribution is -2.46. The zero-order valence-electron chi connectivity index (χ0n) is 7.11. The Morgan fingerprint density at radius 1 is 1.20 bits per heavy atom. The van der Waals surface area contributed by atoms with Crippen LogP contribution in [0.1, 0.15) is 12.8 Å². The molecule has 3 aliphatic heterocycles. The van der Waals surface area contributed by atoms with E-state index in [-0.39, 0.29) is 8.80 Å². The Kier molecular flexibility index (Phi) is 1.57. The molecule has 3 saturated heterocycles. The topological polar surface area (TPSA) is 0 Å². The summed E-state index contributed by atoms with van der Waals surface area (Å²) < 4.78 is 0. The van der Waals surface area contributed by atoms with Crippen LogP contribution in [0.3, 0.4) is 0 Å². The summed E-state index contributed by atoms with van der Waals surface area (Å²) in [4.78, 5) is 0. The first kappa shape index (κ1) is 7.10. The molecule has 10 heavy (non-hydrogen) atoms. The third kappa shape index (κ3) is 1.01. The van der Waals surface area contributed by atoms with E-state index in [2.05, 4.69) is 13.1 Å². The van der Waals surface area contributed by atoms with Crippen LogP contribution in [0.15, 0.2) is 0 Å². The first-order chi connectivity index (χ1) is 4.68. The molecule has 3 fully saturated rings. The van der Waals surface area contributed by atoms with E-state index in [0.29, 0.717) is 0 Å². The fourth-order valence-electron chi connectivity index (χ4n) is 2.77. The van der Waals surface area contributed by atoms with Gasteiger partial charge in [-0.3, -0.25) is 0 Å². The van der Waals surface area contributed by atoms with Gasteiger partial charge in [0.05, 0.1) is 25.8 Å². The van der Waals surface area contributed by atoms with Crippen molar-refractivity contribution in [2.45, 2.75) is 49.2 Å². The standard InChI is InChI=1S/C8H17Si2/c1-10(2)7-9-5-3-8(10)4-6-9/h8H,3-7H2,1-2H3/q+1. The van der Waals surface area contributed by atoms with Crippen molar-refractivity contribution in [1.29, 1.82) is 0 Å². The van der Waals surface area contributed by atoms with Gasteiger partial charge in [0, 0.05) is 0 Å². The van der Waals surface area contributed by atoms with E-state index in [4.69, 9.17) is 0 Å². The maximum absolute atomic E-state index is 2.63. The second kappa shape index (κ2) is 2.21. The third-order valence-corrected chi connectivity index (χ3v) is 13.9. The predicted molar refractivity (Wildman–Crippen MR) is 50.6 cm³/mol. The first-order valence-electron chi connectivity index (χ1n) is 4.52. The number of hydrogen-bond acceptors (Lipinski definition) is 0. The summed E-state index contributed by atoms with van der Waals surface area (Å²) in [6.45, 7) is 5.25. The van der Waals surface area contributed by atoms with Gasteiger partial charge in [0.15, 0.2) is 0 Å². The van der Waals surface area contributed by atoms with Gasteiger partial charge in [-0.2, -0.15) is 0 Å². The van der Waals surface area contributed by atoms with Gasteiger partial charge in [-0.15, -0.1) is 0 Å². The molecule has 0 N–H and O–H groups in total. The Bertz CT molecular complexity index is 134. The molecular weight excluding hydrogens is 152 g/mol. The van der Waals surface area contributed by atoms with Gasteiger partial charge in [0.25, 0.3) is 0 Å². The lowest BCUT2D eigenvalue weighted by atomic mass is 10.2. The quantitative estimate of drug-likeness (QED) is 0.489. The Balaban J connectivity index is 2.15. The van der Waals surface area contributed by atoms with Crippen molar-refractivity contribution in [2.24, 2.45) is 0 Å². The van der Waals surface area contributed by atoms with Crippen molar-refractivity contribution in [1.82, 2.24) is 0 Å². The van der Waals surface area contributed by atoms with Crippen molar-refractivity contribution in [3.8, 4) is 0 Å². The SMILES string of the molecule is C[Si]1(C)C[Si+]2CCC1CC2. The molecular formula is C8H17Si2+. The molecule has 2 heteroatoms. The minimum Gasteiger partial charge on any atom is -0.0668 e. The van der Waals surface area contributed by atoms with E-state index < -0.39 is 8.07 Å². The predicted octanol–water partition coefficient (Wildman–Crippen LogP) is 2.91. The maximum Gasteiger partial charge on any atom is 0.310 e. The van der Waals surface area contributed by atoms with Gasteiger partial charge in [0.2, 0.25) is 0 Å². The van der Waals surface area contributed by atoms with Crippen molar-refractivity contribution >= 4 is 16.9 Å². The van der Waals surface area contributed by atoms with Crippen LogP contribution >= 0.6 is 0 Å². The zero-order valence-corrected chi connectivity index (χ0v) is 9.11. The Morgan fingerprint density at radius 3 is 2.00 bits per heavy atom. The van der Waals surface area contributed by atoms with Gasteiger partial charge in [-0.25, -0.2) is 0 Å². The molecule has 0 radical (unpaired) electrons. The van der Waals surface area contributed by atoms with E-state index in [1.54, 1.807) is 30.6 Å². The summed E-state index contributed by atoms with van der Waals surface area (Å²) in [5.74, 6) is 0. The molecule has 2 bridgehead atoms. The largest absolute Gasteiger partial charge is 0.310 e. The fraction of sp³-hybridized carbons (Fsp3) is 1.00. The highest BCUT2D eigenvalue weighted by molar-refractivity contribution is 6.91. The molecule has 3 heterocycles. The summed E-state index contributed by atoms with van der Waals surface area (Å²) in [6, 6.07) is 3.34. The van der Waals surface area contributed by atoms with Crippen molar-refractivity contribution in [3.63, 3.8) is 0 Å². The van der Waals surface area contributed by atoms with Crippen LogP contribution in [-0.2, 0) is 0 Å². The highest BCUT2D eigenvalue weighted by atomic mass is 28.4. The molecule has 0 aromatic rings. The molecule has 0 amide bonds. The van der Waals surface area contributed by atoms with E-state index in [1.807, 2.05) is 0 Å². The molecule has 56 valence electrons. The maximum atomic E-state index is 2.63. The Morgan fingerprint density at radius 2 is 1.80 bits per heavy atom. The molecule has 3 aliphatic rings. The van der Waals surface area contributed by atoms with Crippen LogP contribution in [0.25, 0.3) is 0 Å². The van der Waals surface area contributed by atoms with E-state index in [1.165, 1.54) is 5.54 Å². The Labute approximate surface area is 66.6 Å². The molecule has 0 aromatic heterocycles. The highest BCUT2D eigenvalue weighted by Crippen LogP contribution is 2.47. The summed E-state index contributed by atoms with van der Waals surface area (Å²) in [7, 11) is -0.391. The van der Waals surface area contributed by atoms with Crippen LogP contribution in [-0.4, -0.2) is 16.9 Å². The van der Waals surface area contributed by atoms with Crippen LogP contribution < -0.4 is 0 Å². The summed E-state index contributed by atoms with van der Waals surface area (Å²) in [6.07, 6.45) is 3.26. The van der Waals surface area contributed by atoms with Gasteiger partial charge in [0.1, 0.15) is 0 Å². The third-order valence-electron chi connectivity index (χ3n) is 3.50. The van der Waals surface area contributed by atoms with Crippen LogP contribution in [0.5, 0.6) is 0 Å². The van der Waals surface area contributed by atoms with Gasteiger partial charge < -0.3 is 0 Å². The number of rotatable bonds is 0. The monoisotopic (exact) mass is 169 g/mol.